The van der Waals surface area contributed by atoms with Gasteiger partial charge in [-0.15, -0.1) is 11.8 Å². The maximum Gasteiger partial charge on any atom is 1.00 e. The first-order valence-corrected chi connectivity index (χ1v) is 17.7. The number of carbonyl (C=O) groups is 2. The fourth-order valence-electron chi connectivity index (χ4n) is 5.84. The molecule has 3 aromatic heterocycles. The molecule has 0 bridgehead atoms. The van der Waals surface area contributed by atoms with Gasteiger partial charge < -0.3 is 18.9 Å². The second-order valence-electron chi connectivity index (χ2n) is 11.7. The summed E-state index contributed by atoms with van der Waals surface area (Å²) in [4.78, 5) is 37.5. The van der Waals surface area contributed by atoms with E-state index in [4.69, 9.17) is 4.84 Å². The van der Waals surface area contributed by atoms with Crippen molar-refractivity contribution in [2.24, 2.45) is 5.16 Å². The van der Waals surface area contributed by atoms with Gasteiger partial charge in [0.1, 0.15) is 27.0 Å². The van der Waals surface area contributed by atoms with Crippen LogP contribution in [0.3, 0.4) is 0 Å². The number of aromatic nitrogens is 3. The minimum Gasteiger partial charge on any atom is -0.744 e. The van der Waals surface area contributed by atoms with E-state index in [9.17, 15) is 27.0 Å². The molecule has 0 N–H and O–H groups in total. The van der Waals surface area contributed by atoms with Crippen molar-refractivity contribution in [2.75, 3.05) is 14.1 Å². The molecule has 3 aromatic carbocycles. The van der Waals surface area contributed by atoms with Gasteiger partial charge in [0.25, 0.3) is 0 Å². The van der Waals surface area contributed by atoms with Gasteiger partial charge in [-0.2, -0.15) is 0 Å². The van der Waals surface area contributed by atoms with Gasteiger partial charge in [0.2, 0.25) is 0 Å². The van der Waals surface area contributed by atoms with E-state index in [0.29, 0.717) is 27.8 Å². The Kier molecular flexibility index (Phi) is 10.4. The second kappa shape index (κ2) is 14.6. The van der Waals surface area contributed by atoms with Crippen LogP contribution in [-0.2, 0) is 20.7 Å². The molecule has 0 spiro atoms. The topological polar surface area (TPSA) is 139 Å². The van der Waals surface area contributed by atoms with Crippen molar-refractivity contribution >= 4 is 50.5 Å². The first-order valence-electron chi connectivity index (χ1n) is 15.2. The Morgan fingerprint density at radius 2 is 1.73 bits per heavy atom. The van der Waals surface area contributed by atoms with Crippen LogP contribution in [0.1, 0.15) is 38.1 Å². The first-order chi connectivity index (χ1) is 24.0. The van der Waals surface area contributed by atoms with Gasteiger partial charge in [-0.3, -0.25) is 9.55 Å². The van der Waals surface area contributed by atoms with E-state index >= 15 is 0 Å². The predicted molar refractivity (Wildman–Crippen MR) is 185 cm³/mol. The SMILES string of the molecule is CN(C)C(=O)n1cc(/C(=N/OC(=O)c2ccc(S(=O)(=O)[O-])cc2)c2ccn3c2CS[C@@H]3c2cccnc2)c2ccc(-c3ccc(F)cc3)cc21.[Na+]. The van der Waals surface area contributed by atoms with Crippen LogP contribution < -0.4 is 29.6 Å². The Morgan fingerprint density at radius 3 is 2.39 bits per heavy atom. The van der Waals surface area contributed by atoms with Crippen molar-refractivity contribution < 1.29 is 61.3 Å². The molecule has 7 rings (SSSR count). The van der Waals surface area contributed by atoms with Crippen molar-refractivity contribution in [3.8, 4) is 11.1 Å². The molecule has 4 heterocycles. The van der Waals surface area contributed by atoms with Gasteiger partial charge in [0, 0.05) is 72.4 Å². The quantitative estimate of drug-likeness (QED) is 0.0800. The summed E-state index contributed by atoms with van der Waals surface area (Å²) >= 11 is 1.69. The van der Waals surface area contributed by atoms with Crippen molar-refractivity contribution in [3.63, 3.8) is 0 Å². The molecule has 15 heteroatoms. The third-order valence-corrected chi connectivity index (χ3v) is 10.4. The number of hydrogen-bond donors (Lipinski definition) is 0. The number of hydrogen-bond acceptors (Lipinski definition) is 9. The molecule has 1 aliphatic rings. The molecule has 0 saturated carbocycles. The van der Waals surface area contributed by atoms with Gasteiger partial charge in [-0.25, -0.2) is 22.4 Å². The number of halogens is 1. The normalized spacial score (nSPS) is 14.2. The van der Waals surface area contributed by atoms with Crippen LogP contribution in [0.25, 0.3) is 22.0 Å². The molecule has 1 aliphatic heterocycles. The molecule has 0 aliphatic carbocycles. The average molecular weight is 732 g/mol. The minimum absolute atomic E-state index is 0. The Balaban J connectivity index is 0.00000448. The van der Waals surface area contributed by atoms with Crippen LogP contribution in [-0.4, -0.2) is 63.8 Å². The zero-order valence-electron chi connectivity index (χ0n) is 27.6. The number of fused-ring (bicyclic) bond motifs is 2. The third kappa shape index (κ3) is 7.16. The van der Waals surface area contributed by atoms with E-state index in [2.05, 4.69) is 14.7 Å². The monoisotopic (exact) mass is 731 g/mol. The predicted octanol–water partition coefficient (Wildman–Crippen LogP) is 3.48. The molecule has 252 valence electrons. The summed E-state index contributed by atoms with van der Waals surface area (Å²) in [6, 6.07) is 21.4. The van der Waals surface area contributed by atoms with Crippen molar-refractivity contribution in [2.45, 2.75) is 16.0 Å². The molecule has 0 unspecified atom stereocenters. The van der Waals surface area contributed by atoms with Crippen molar-refractivity contribution in [1.29, 1.82) is 0 Å². The third-order valence-electron chi connectivity index (χ3n) is 8.31. The first kappa shape index (κ1) is 36.2. The molecule has 11 nitrogen and oxygen atoms in total. The van der Waals surface area contributed by atoms with Gasteiger partial charge in [-0.1, -0.05) is 35.5 Å². The molecule has 0 saturated heterocycles. The molecule has 1 atom stereocenters. The zero-order valence-corrected chi connectivity index (χ0v) is 31.2. The zero-order chi connectivity index (χ0) is 35.2. The minimum atomic E-state index is -4.71. The number of pyridine rings is 1. The maximum absolute atomic E-state index is 13.7. The fraction of sp³-hybridized carbons (Fsp3) is 0.111. The van der Waals surface area contributed by atoms with E-state index < -0.39 is 21.0 Å². The Bertz CT molecular complexity index is 2410. The Hall–Kier alpha value is -4.57. The molecular formula is C36H27FN5NaO6S2. The van der Waals surface area contributed by atoms with Crippen LogP contribution in [0.4, 0.5) is 9.18 Å². The standard InChI is InChI=1S/C36H28FN5O6S2.Na/c1-40(2)36(44)42-20-30(28-14-9-24(18-31(28)42)22-5-10-26(37)11-6-22)33(39-48-35(43)23-7-12-27(13-8-23)50(45,46)47)29-15-17-41-32(29)21-49-34(41)25-4-3-16-38-19-25;/h3-20,34H,21H2,1-2H3,(H,45,46,47);/q;+1/p-1/b39-33+;/t34-;/m1./s1. The summed E-state index contributed by atoms with van der Waals surface area (Å²) in [6.07, 6.45) is 7.10. The molecule has 0 radical (unpaired) electrons. The largest absolute Gasteiger partial charge is 1.00 e. The molecule has 1 amide bonds. The smallest absolute Gasteiger partial charge is 0.744 e. The summed E-state index contributed by atoms with van der Waals surface area (Å²) in [5.74, 6) is -0.652. The average Bonchev–Trinajstić information content (AvgIpc) is 3.83. The van der Waals surface area contributed by atoms with Gasteiger partial charge in [-0.05, 0) is 65.7 Å². The summed E-state index contributed by atoms with van der Waals surface area (Å²) < 4.78 is 51.5. The van der Waals surface area contributed by atoms with E-state index in [0.717, 1.165) is 34.5 Å². The summed E-state index contributed by atoms with van der Waals surface area (Å²) in [5.41, 5.74) is 5.40. The second-order valence-corrected chi connectivity index (χ2v) is 14.1. The summed E-state index contributed by atoms with van der Waals surface area (Å²) in [7, 11) is -1.44. The maximum atomic E-state index is 13.7. The number of benzene rings is 3. The number of oxime groups is 1. The van der Waals surface area contributed by atoms with Crippen LogP contribution in [0, 0.1) is 5.82 Å². The number of thioether (sulfide) groups is 1. The van der Waals surface area contributed by atoms with E-state index in [1.54, 1.807) is 50.4 Å². The Labute approximate surface area is 318 Å². The summed E-state index contributed by atoms with van der Waals surface area (Å²) in [5, 5.41) is 4.97. The Morgan fingerprint density at radius 1 is 1.00 bits per heavy atom. The van der Waals surface area contributed by atoms with Crippen molar-refractivity contribution in [3.05, 3.63) is 143 Å². The van der Waals surface area contributed by atoms with Gasteiger partial charge >= 0.3 is 41.6 Å². The number of rotatable bonds is 7. The van der Waals surface area contributed by atoms with Crippen LogP contribution >= 0.6 is 11.8 Å². The fourth-order valence-corrected chi connectivity index (χ4v) is 7.62. The molecule has 6 aromatic rings. The molecule has 51 heavy (non-hydrogen) atoms. The molecule has 0 fully saturated rings. The van der Waals surface area contributed by atoms with E-state index in [1.807, 2.05) is 48.8 Å². The summed E-state index contributed by atoms with van der Waals surface area (Å²) in [6.45, 7) is 0. The van der Waals surface area contributed by atoms with Crippen LogP contribution in [0.2, 0.25) is 0 Å². The molecular weight excluding hydrogens is 705 g/mol. The van der Waals surface area contributed by atoms with Crippen LogP contribution in [0.5, 0.6) is 0 Å². The van der Waals surface area contributed by atoms with Gasteiger partial charge in [0.05, 0.1) is 16.0 Å². The van der Waals surface area contributed by atoms with Crippen LogP contribution in [0.15, 0.2) is 120 Å². The number of carbonyl (C=O) groups excluding carboxylic acids is 2. The van der Waals surface area contributed by atoms with E-state index in [1.165, 1.54) is 33.7 Å². The van der Waals surface area contributed by atoms with Crippen molar-refractivity contribution in [1.82, 2.24) is 19.0 Å². The number of amides is 1. The van der Waals surface area contributed by atoms with E-state index in [-0.39, 0.29) is 58.1 Å². The number of nitrogens with zero attached hydrogens (tertiary/aromatic N) is 5. The van der Waals surface area contributed by atoms with Gasteiger partial charge in [0.15, 0.2) is 0 Å².